The van der Waals surface area contributed by atoms with Crippen LogP contribution in [-0.4, -0.2) is 60.9 Å². The van der Waals surface area contributed by atoms with Gasteiger partial charge in [-0.15, -0.1) is 0 Å². The highest BCUT2D eigenvalue weighted by molar-refractivity contribution is 6.34. The molecule has 0 spiro atoms. The van der Waals surface area contributed by atoms with Crippen molar-refractivity contribution in [2.24, 2.45) is 11.8 Å². The zero-order valence-electron chi connectivity index (χ0n) is 12.0. The average molecular weight is 267 g/mol. The van der Waals surface area contributed by atoms with E-state index in [-0.39, 0.29) is 11.8 Å². The predicted molar refractivity (Wildman–Crippen MR) is 73.6 cm³/mol. The lowest BCUT2D eigenvalue weighted by Gasteiger charge is -2.35. The van der Waals surface area contributed by atoms with Crippen LogP contribution in [0.5, 0.6) is 0 Å². The Morgan fingerprint density at radius 3 is 1.89 bits per heavy atom. The van der Waals surface area contributed by atoms with E-state index in [9.17, 15) is 9.59 Å². The van der Waals surface area contributed by atoms with Crippen molar-refractivity contribution >= 4 is 11.8 Å². The quantitative estimate of drug-likeness (QED) is 0.696. The minimum atomic E-state index is -0.315. The van der Waals surface area contributed by atoms with Crippen LogP contribution in [0.4, 0.5) is 0 Å². The lowest BCUT2D eigenvalue weighted by molar-refractivity contribution is -0.153. The van der Waals surface area contributed by atoms with Crippen LogP contribution in [0.15, 0.2) is 0 Å². The fourth-order valence-corrected chi connectivity index (χ4v) is 2.91. The van der Waals surface area contributed by atoms with Crippen molar-refractivity contribution in [1.82, 2.24) is 15.1 Å². The van der Waals surface area contributed by atoms with Gasteiger partial charge in [0.25, 0.3) is 0 Å². The summed E-state index contributed by atoms with van der Waals surface area (Å²) >= 11 is 0. The smallest absolute Gasteiger partial charge is 0.312 e. The third-order valence-electron chi connectivity index (χ3n) is 4.36. The molecule has 2 heterocycles. The zero-order valence-corrected chi connectivity index (χ0v) is 12.0. The molecule has 2 aliphatic heterocycles. The van der Waals surface area contributed by atoms with Crippen LogP contribution in [0.3, 0.4) is 0 Å². The molecule has 0 saturated carbocycles. The molecule has 108 valence electrons. The van der Waals surface area contributed by atoms with Gasteiger partial charge in [-0.2, -0.15) is 0 Å². The molecule has 19 heavy (non-hydrogen) atoms. The highest BCUT2D eigenvalue weighted by Gasteiger charge is 2.31. The van der Waals surface area contributed by atoms with Crippen LogP contribution in [0.2, 0.25) is 0 Å². The van der Waals surface area contributed by atoms with E-state index < -0.39 is 0 Å². The Morgan fingerprint density at radius 2 is 1.42 bits per heavy atom. The molecule has 0 aromatic carbocycles. The maximum atomic E-state index is 12.2. The first-order chi connectivity index (χ1) is 9.09. The number of nitrogens with zero attached hydrogens (tertiary/aromatic N) is 2. The Bertz CT molecular complexity index is 330. The van der Waals surface area contributed by atoms with Gasteiger partial charge in [0.1, 0.15) is 0 Å². The minimum Gasteiger partial charge on any atom is -0.334 e. The van der Waals surface area contributed by atoms with Gasteiger partial charge >= 0.3 is 11.8 Å². The van der Waals surface area contributed by atoms with Crippen LogP contribution in [0, 0.1) is 11.8 Å². The number of piperidine rings is 1. The molecule has 0 aromatic rings. The fourth-order valence-electron chi connectivity index (χ4n) is 2.91. The highest BCUT2D eigenvalue weighted by atomic mass is 16.2. The summed E-state index contributed by atoms with van der Waals surface area (Å²) in [7, 11) is 0. The predicted octanol–water partition coefficient (Wildman–Crippen LogP) is 0.313. The molecule has 0 atom stereocenters. The highest BCUT2D eigenvalue weighted by Crippen LogP contribution is 2.24. The van der Waals surface area contributed by atoms with E-state index in [1.807, 2.05) is 0 Å². The van der Waals surface area contributed by atoms with Gasteiger partial charge in [0, 0.05) is 39.3 Å². The van der Waals surface area contributed by atoms with Crippen LogP contribution in [0.1, 0.15) is 26.7 Å². The Labute approximate surface area is 115 Å². The second kappa shape index (κ2) is 6.37. The zero-order chi connectivity index (χ0) is 13.8. The number of carbonyl (C=O) groups is 2. The second-order valence-corrected chi connectivity index (χ2v) is 5.92. The first kappa shape index (κ1) is 14.3. The van der Waals surface area contributed by atoms with E-state index in [0.717, 1.165) is 39.0 Å². The summed E-state index contributed by atoms with van der Waals surface area (Å²) in [5.41, 5.74) is 0. The van der Waals surface area contributed by atoms with Crippen LogP contribution >= 0.6 is 0 Å². The first-order valence-electron chi connectivity index (χ1n) is 7.38. The van der Waals surface area contributed by atoms with Gasteiger partial charge < -0.3 is 15.1 Å². The molecule has 0 aliphatic carbocycles. The van der Waals surface area contributed by atoms with Crippen molar-refractivity contribution in [2.45, 2.75) is 26.7 Å². The number of piperazine rings is 1. The Balaban J connectivity index is 1.85. The van der Waals surface area contributed by atoms with E-state index in [4.69, 9.17) is 0 Å². The van der Waals surface area contributed by atoms with Crippen LogP contribution < -0.4 is 5.32 Å². The SMILES string of the molecule is CC(C)C1CCN(C(=O)C(=O)N2CCNCC2)CC1. The molecule has 2 aliphatic rings. The van der Waals surface area contributed by atoms with Gasteiger partial charge in [-0.3, -0.25) is 9.59 Å². The van der Waals surface area contributed by atoms with Gasteiger partial charge in [-0.05, 0) is 24.7 Å². The summed E-state index contributed by atoms with van der Waals surface area (Å²) in [4.78, 5) is 27.7. The summed E-state index contributed by atoms with van der Waals surface area (Å²) in [5.74, 6) is 0.744. The summed E-state index contributed by atoms with van der Waals surface area (Å²) in [5, 5.41) is 3.19. The normalized spacial score (nSPS) is 21.8. The molecule has 5 nitrogen and oxygen atoms in total. The topological polar surface area (TPSA) is 52.7 Å². The van der Waals surface area contributed by atoms with Crippen molar-refractivity contribution in [2.75, 3.05) is 39.3 Å². The lowest BCUT2D eigenvalue weighted by atomic mass is 9.87. The Hall–Kier alpha value is -1.10. The van der Waals surface area contributed by atoms with E-state index in [2.05, 4.69) is 19.2 Å². The molecule has 2 rings (SSSR count). The van der Waals surface area contributed by atoms with Crippen LogP contribution in [0.25, 0.3) is 0 Å². The van der Waals surface area contributed by atoms with Crippen molar-refractivity contribution in [1.29, 1.82) is 0 Å². The number of likely N-dealkylation sites (tertiary alicyclic amines) is 1. The molecule has 0 unspecified atom stereocenters. The van der Waals surface area contributed by atoms with Crippen LogP contribution in [-0.2, 0) is 9.59 Å². The monoisotopic (exact) mass is 267 g/mol. The van der Waals surface area contributed by atoms with E-state index in [0.29, 0.717) is 24.9 Å². The van der Waals surface area contributed by atoms with E-state index in [1.165, 1.54) is 0 Å². The number of rotatable bonds is 1. The second-order valence-electron chi connectivity index (χ2n) is 5.92. The lowest BCUT2D eigenvalue weighted by Crippen LogP contribution is -2.53. The number of amides is 2. The molecular weight excluding hydrogens is 242 g/mol. The van der Waals surface area contributed by atoms with E-state index >= 15 is 0 Å². The molecule has 0 bridgehead atoms. The number of nitrogens with one attached hydrogen (secondary N) is 1. The van der Waals surface area contributed by atoms with Gasteiger partial charge in [-0.1, -0.05) is 13.8 Å². The van der Waals surface area contributed by atoms with E-state index in [1.54, 1.807) is 9.80 Å². The van der Waals surface area contributed by atoms with Gasteiger partial charge in [-0.25, -0.2) is 0 Å². The number of carbonyl (C=O) groups excluding carboxylic acids is 2. The first-order valence-corrected chi connectivity index (χ1v) is 7.38. The third-order valence-corrected chi connectivity index (χ3v) is 4.36. The Kier molecular flexibility index (Phi) is 4.80. The maximum absolute atomic E-state index is 12.2. The summed E-state index contributed by atoms with van der Waals surface area (Å²) in [6.07, 6.45) is 2.05. The summed E-state index contributed by atoms with van der Waals surface area (Å²) in [6.45, 7) is 8.80. The maximum Gasteiger partial charge on any atom is 0.312 e. The summed E-state index contributed by atoms with van der Waals surface area (Å²) in [6, 6.07) is 0. The molecule has 2 saturated heterocycles. The third kappa shape index (κ3) is 3.47. The molecular formula is C14H25N3O2. The standard InChI is InChI=1S/C14H25N3O2/c1-11(2)12-3-7-16(8-4-12)13(18)14(19)17-9-5-15-6-10-17/h11-12,15H,3-10H2,1-2H3. The fraction of sp³-hybridized carbons (Fsp3) is 0.857. The van der Waals surface area contributed by atoms with Gasteiger partial charge in [0.05, 0.1) is 0 Å². The largest absolute Gasteiger partial charge is 0.334 e. The summed E-state index contributed by atoms with van der Waals surface area (Å²) < 4.78 is 0. The average Bonchev–Trinajstić information content (AvgIpc) is 2.46. The molecule has 1 N–H and O–H groups in total. The van der Waals surface area contributed by atoms with Crippen molar-refractivity contribution in [3.05, 3.63) is 0 Å². The van der Waals surface area contributed by atoms with Crippen molar-refractivity contribution < 1.29 is 9.59 Å². The number of hydrogen-bond acceptors (Lipinski definition) is 3. The molecule has 2 fully saturated rings. The number of hydrogen-bond donors (Lipinski definition) is 1. The van der Waals surface area contributed by atoms with Gasteiger partial charge in [0.2, 0.25) is 0 Å². The molecule has 5 heteroatoms. The molecule has 0 radical (unpaired) electrons. The Morgan fingerprint density at radius 1 is 0.947 bits per heavy atom. The van der Waals surface area contributed by atoms with Crippen molar-refractivity contribution in [3.63, 3.8) is 0 Å². The molecule has 2 amide bonds. The minimum absolute atomic E-state index is 0.302. The van der Waals surface area contributed by atoms with Crippen molar-refractivity contribution in [3.8, 4) is 0 Å². The molecule has 0 aromatic heterocycles. The van der Waals surface area contributed by atoms with Gasteiger partial charge in [0.15, 0.2) is 0 Å².